The van der Waals surface area contributed by atoms with Gasteiger partial charge in [0.15, 0.2) is 16.4 Å². The molecule has 2 aliphatic rings. The van der Waals surface area contributed by atoms with Crippen molar-refractivity contribution in [1.29, 1.82) is 0 Å². The van der Waals surface area contributed by atoms with Gasteiger partial charge in [-0.3, -0.25) is 4.79 Å². The molecule has 2 amide bonds. The van der Waals surface area contributed by atoms with Gasteiger partial charge in [0.25, 0.3) is 5.91 Å². The summed E-state index contributed by atoms with van der Waals surface area (Å²) < 4.78 is 10.9. The first-order valence-electron chi connectivity index (χ1n) is 7.64. The molecule has 7 heteroatoms. The lowest BCUT2D eigenvalue weighted by Gasteiger charge is -2.17. The number of amides is 2. The van der Waals surface area contributed by atoms with Crippen LogP contribution in [0.25, 0.3) is 10.8 Å². The van der Waals surface area contributed by atoms with E-state index in [-0.39, 0.29) is 12.5 Å². The van der Waals surface area contributed by atoms with Crippen molar-refractivity contribution in [3.63, 3.8) is 0 Å². The smallest absolute Gasteiger partial charge is 0.418 e. The lowest BCUT2D eigenvalue weighted by atomic mass is 10.0. The van der Waals surface area contributed by atoms with Crippen LogP contribution in [-0.2, 0) is 16.1 Å². The van der Waals surface area contributed by atoms with Gasteiger partial charge in [-0.1, -0.05) is 0 Å². The number of hydrogen-bond acceptors (Lipinski definition) is 6. The number of aromatic nitrogens is 1. The zero-order chi connectivity index (χ0) is 16.0. The fourth-order valence-corrected chi connectivity index (χ4v) is 3.97. The van der Waals surface area contributed by atoms with Crippen molar-refractivity contribution in [3.05, 3.63) is 29.0 Å². The molecule has 23 heavy (non-hydrogen) atoms. The predicted octanol–water partition coefficient (Wildman–Crippen LogP) is 3.50. The Morgan fingerprint density at radius 3 is 2.78 bits per heavy atom. The van der Waals surface area contributed by atoms with E-state index in [0.717, 1.165) is 23.6 Å². The Balaban J connectivity index is 1.53. The molecule has 0 unspecified atom stereocenters. The van der Waals surface area contributed by atoms with E-state index in [1.807, 2.05) is 24.4 Å². The molecule has 3 heterocycles. The highest BCUT2D eigenvalue weighted by Gasteiger charge is 2.55. The van der Waals surface area contributed by atoms with Crippen molar-refractivity contribution in [1.82, 2.24) is 9.88 Å². The molecule has 2 aromatic heterocycles. The van der Waals surface area contributed by atoms with Crippen molar-refractivity contribution >= 4 is 23.3 Å². The Morgan fingerprint density at radius 1 is 1.30 bits per heavy atom. The Kier molecular flexibility index (Phi) is 3.26. The summed E-state index contributed by atoms with van der Waals surface area (Å²) in [5.74, 6) is 1.29. The summed E-state index contributed by atoms with van der Waals surface area (Å²) in [7, 11) is 0. The quantitative estimate of drug-likeness (QED) is 0.860. The molecule has 0 atom stereocenters. The topological polar surface area (TPSA) is 72.6 Å². The van der Waals surface area contributed by atoms with Crippen LogP contribution in [0.15, 0.2) is 21.9 Å². The number of hydrogen-bond donors (Lipinski definition) is 0. The first-order chi connectivity index (χ1) is 11.1. The van der Waals surface area contributed by atoms with Crippen molar-refractivity contribution in [2.45, 2.75) is 44.8 Å². The highest BCUT2D eigenvalue weighted by molar-refractivity contribution is 7.13. The van der Waals surface area contributed by atoms with Crippen molar-refractivity contribution < 1.29 is 18.7 Å². The largest absolute Gasteiger partial charge is 0.459 e. The van der Waals surface area contributed by atoms with E-state index in [9.17, 15) is 9.59 Å². The van der Waals surface area contributed by atoms with Crippen molar-refractivity contribution in [2.75, 3.05) is 0 Å². The van der Waals surface area contributed by atoms with Crippen LogP contribution >= 0.6 is 11.3 Å². The Bertz CT molecular complexity index is 773. The number of carbonyl (C=O) groups excluding carboxylic acids is 2. The van der Waals surface area contributed by atoms with E-state index >= 15 is 0 Å². The summed E-state index contributed by atoms with van der Waals surface area (Å²) in [5, 5.41) is 2.58. The van der Waals surface area contributed by atoms with Gasteiger partial charge in [0, 0.05) is 5.38 Å². The third-order valence-corrected chi connectivity index (χ3v) is 5.28. The Labute approximate surface area is 137 Å². The Hall–Kier alpha value is -2.15. The second-order valence-electron chi connectivity index (χ2n) is 6.01. The zero-order valence-corrected chi connectivity index (χ0v) is 13.5. The zero-order valence-electron chi connectivity index (χ0n) is 12.7. The summed E-state index contributed by atoms with van der Waals surface area (Å²) in [6, 6.07) is 3.74. The maximum atomic E-state index is 12.6. The highest BCUT2D eigenvalue weighted by Crippen LogP contribution is 2.40. The average Bonchev–Trinajstić information content (AvgIpc) is 3.26. The molecule has 1 saturated heterocycles. The standard InChI is InChI=1S/C16H16N2O4S/c1-10-4-5-12(21-10)13-17-11(9-23-13)8-18-14(19)16(22-15(18)20)6-2-3-7-16/h4-5,9H,2-3,6-8H2,1H3. The van der Waals surface area contributed by atoms with E-state index in [1.54, 1.807) is 0 Å². The molecule has 120 valence electrons. The van der Waals surface area contributed by atoms with Gasteiger partial charge in [0.05, 0.1) is 12.2 Å². The molecule has 1 aliphatic carbocycles. The summed E-state index contributed by atoms with van der Waals surface area (Å²) in [4.78, 5) is 30.3. The number of rotatable bonds is 3. The minimum atomic E-state index is -0.909. The first-order valence-corrected chi connectivity index (χ1v) is 8.51. The van der Waals surface area contributed by atoms with Crippen LogP contribution in [0.1, 0.15) is 37.1 Å². The van der Waals surface area contributed by atoms with Crippen LogP contribution in [0.4, 0.5) is 4.79 Å². The summed E-state index contributed by atoms with van der Waals surface area (Å²) >= 11 is 1.43. The number of ether oxygens (including phenoxy) is 1. The second-order valence-corrected chi connectivity index (χ2v) is 6.87. The third-order valence-electron chi connectivity index (χ3n) is 4.37. The minimum absolute atomic E-state index is 0.148. The van der Waals surface area contributed by atoms with Crippen molar-refractivity contribution in [2.24, 2.45) is 0 Å². The van der Waals surface area contributed by atoms with Gasteiger partial charge in [-0.2, -0.15) is 0 Å². The van der Waals surface area contributed by atoms with E-state index in [0.29, 0.717) is 24.3 Å². The molecular weight excluding hydrogens is 316 g/mol. The molecule has 2 aromatic rings. The van der Waals surface area contributed by atoms with Crippen LogP contribution in [0.5, 0.6) is 0 Å². The monoisotopic (exact) mass is 332 g/mol. The van der Waals surface area contributed by atoms with Crippen LogP contribution < -0.4 is 0 Å². The van der Waals surface area contributed by atoms with Crippen LogP contribution in [-0.4, -0.2) is 27.5 Å². The molecule has 2 fully saturated rings. The normalized spacial score (nSPS) is 19.8. The van der Waals surface area contributed by atoms with Gasteiger partial charge in [-0.05, 0) is 44.7 Å². The van der Waals surface area contributed by atoms with E-state index in [2.05, 4.69) is 4.98 Å². The fourth-order valence-electron chi connectivity index (χ4n) is 3.20. The lowest BCUT2D eigenvalue weighted by molar-refractivity contribution is -0.136. The van der Waals surface area contributed by atoms with Crippen LogP contribution in [0.2, 0.25) is 0 Å². The molecule has 0 aromatic carbocycles. The van der Waals surface area contributed by atoms with Crippen molar-refractivity contribution in [3.8, 4) is 10.8 Å². The lowest BCUT2D eigenvalue weighted by Crippen LogP contribution is -2.38. The maximum Gasteiger partial charge on any atom is 0.418 e. The average molecular weight is 332 g/mol. The van der Waals surface area contributed by atoms with Gasteiger partial charge >= 0.3 is 6.09 Å². The number of nitrogens with zero attached hydrogens (tertiary/aromatic N) is 2. The van der Waals surface area contributed by atoms with Gasteiger partial charge in [0.1, 0.15) is 5.76 Å². The highest BCUT2D eigenvalue weighted by atomic mass is 32.1. The minimum Gasteiger partial charge on any atom is -0.459 e. The molecule has 6 nitrogen and oxygen atoms in total. The van der Waals surface area contributed by atoms with E-state index < -0.39 is 11.7 Å². The van der Waals surface area contributed by atoms with E-state index in [1.165, 1.54) is 16.2 Å². The molecule has 0 bridgehead atoms. The fraction of sp³-hybridized carbons (Fsp3) is 0.438. The SMILES string of the molecule is Cc1ccc(-c2nc(CN3C(=O)OC4(CCCC4)C3=O)cs2)o1. The molecule has 1 aliphatic heterocycles. The summed E-state index contributed by atoms with van der Waals surface area (Å²) in [6.45, 7) is 2.02. The number of carbonyl (C=O) groups is 2. The maximum absolute atomic E-state index is 12.6. The first kappa shape index (κ1) is 14.4. The third kappa shape index (κ3) is 2.35. The molecule has 0 radical (unpaired) electrons. The molecule has 4 rings (SSSR count). The van der Waals surface area contributed by atoms with E-state index in [4.69, 9.17) is 9.15 Å². The Morgan fingerprint density at radius 2 is 2.09 bits per heavy atom. The molecule has 1 spiro atoms. The van der Waals surface area contributed by atoms with Gasteiger partial charge in [0.2, 0.25) is 0 Å². The van der Waals surface area contributed by atoms with Gasteiger partial charge in [-0.25, -0.2) is 14.7 Å². The molecule has 0 N–H and O–H groups in total. The number of imide groups is 1. The van der Waals surface area contributed by atoms with Gasteiger partial charge < -0.3 is 9.15 Å². The number of furan rings is 1. The van der Waals surface area contributed by atoms with Crippen LogP contribution in [0, 0.1) is 6.92 Å². The summed E-state index contributed by atoms with van der Waals surface area (Å²) in [5.41, 5.74) is -0.243. The number of aryl methyl sites for hydroxylation is 1. The van der Waals surface area contributed by atoms with Gasteiger partial charge in [-0.15, -0.1) is 11.3 Å². The molecule has 1 saturated carbocycles. The second kappa shape index (κ2) is 5.19. The summed E-state index contributed by atoms with van der Waals surface area (Å²) in [6.07, 6.45) is 2.54. The predicted molar refractivity (Wildman–Crippen MR) is 82.8 cm³/mol. The molecular formula is C16H16N2O4S. The van der Waals surface area contributed by atoms with Crippen LogP contribution in [0.3, 0.4) is 0 Å². The number of thiazole rings is 1.